The fraction of sp³-hybridized carbons (Fsp3) is 0.481. The Balaban J connectivity index is 1.24. The summed E-state index contributed by atoms with van der Waals surface area (Å²) >= 11 is 0. The zero-order valence-corrected chi connectivity index (χ0v) is 22.1. The van der Waals surface area contributed by atoms with E-state index in [0.717, 1.165) is 49.6 Å². The van der Waals surface area contributed by atoms with E-state index in [2.05, 4.69) is 19.9 Å². The Labute approximate surface area is 225 Å². The molecule has 1 aliphatic carbocycles. The summed E-state index contributed by atoms with van der Waals surface area (Å²) in [4.78, 5) is 55.9. The largest absolute Gasteiger partial charge is 0.465 e. The number of fused-ring (bicyclic) bond motifs is 3. The molecule has 2 bridgehead atoms. The van der Waals surface area contributed by atoms with Gasteiger partial charge in [-0.05, 0) is 43.9 Å². The lowest BCUT2D eigenvalue weighted by atomic mass is 10.1. The van der Waals surface area contributed by atoms with E-state index in [-0.39, 0.29) is 36.4 Å². The first kappa shape index (κ1) is 25.1. The second-order valence-corrected chi connectivity index (χ2v) is 10.8. The predicted molar refractivity (Wildman–Crippen MR) is 144 cm³/mol. The van der Waals surface area contributed by atoms with Gasteiger partial charge >= 0.3 is 6.09 Å². The molecule has 3 aromatic heterocycles. The third-order valence-electron chi connectivity index (χ3n) is 8.14. The van der Waals surface area contributed by atoms with Crippen molar-refractivity contribution in [2.45, 2.75) is 63.1 Å². The van der Waals surface area contributed by atoms with Crippen LogP contribution in [0, 0.1) is 0 Å². The first-order chi connectivity index (χ1) is 18.8. The fourth-order valence-electron chi connectivity index (χ4n) is 6.26. The molecule has 3 fully saturated rings. The van der Waals surface area contributed by atoms with Gasteiger partial charge in [0, 0.05) is 50.7 Å². The van der Waals surface area contributed by atoms with Gasteiger partial charge in [0.05, 0.1) is 17.9 Å². The van der Waals surface area contributed by atoms with Gasteiger partial charge in [0.15, 0.2) is 0 Å². The number of amides is 3. The van der Waals surface area contributed by atoms with E-state index in [4.69, 9.17) is 4.98 Å². The van der Waals surface area contributed by atoms with Gasteiger partial charge in [-0.2, -0.15) is 4.98 Å². The predicted octanol–water partition coefficient (Wildman–Crippen LogP) is 3.63. The van der Waals surface area contributed by atoms with Crippen molar-refractivity contribution < 1.29 is 19.5 Å². The smallest absolute Gasteiger partial charge is 0.407 e. The quantitative estimate of drug-likeness (QED) is 0.508. The lowest BCUT2D eigenvalue weighted by Crippen LogP contribution is -2.42. The highest BCUT2D eigenvalue weighted by atomic mass is 16.4. The van der Waals surface area contributed by atoms with Crippen LogP contribution in [-0.4, -0.2) is 85.1 Å². The summed E-state index contributed by atoms with van der Waals surface area (Å²) in [6, 6.07) is 5.17. The van der Waals surface area contributed by atoms with Gasteiger partial charge in [0.1, 0.15) is 17.2 Å². The van der Waals surface area contributed by atoms with Crippen LogP contribution < -0.4 is 10.2 Å². The average Bonchev–Trinajstić information content (AvgIpc) is 3.63. The van der Waals surface area contributed by atoms with E-state index in [1.165, 1.54) is 4.90 Å². The number of rotatable bonds is 5. The monoisotopic (exact) mass is 532 g/mol. The van der Waals surface area contributed by atoms with E-state index in [1.807, 2.05) is 6.07 Å². The number of anilines is 3. The van der Waals surface area contributed by atoms with Crippen molar-refractivity contribution in [3.63, 3.8) is 0 Å². The van der Waals surface area contributed by atoms with E-state index < -0.39 is 6.09 Å². The minimum Gasteiger partial charge on any atom is -0.465 e. The molecule has 2 atom stereocenters. The van der Waals surface area contributed by atoms with Gasteiger partial charge in [0.2, 0.25) is 11.9 Å². The molecule has 3 amide bonds. The minimum atomic E-state index is -0.968. The van der Waals surface area contributed by atoms with Crippen LogP contribution >= 0.6 is 0 Å². The highest BCUT2D eigenvalue weighted by molar-refractivity contribution is 5.98. The van der Waals surface area contributed by atoms with Crippen molar-refractivity contribution in [2.75, 3.05) is 30.9 Å². The Kier molecular flexibility index (Phi) is 6.32. The van der Waals surface area contributed by atoms with Crippen molar-refractivity contribution in [1.82, 2.24) is 29.3 Å². The number of carbonyl (C=O) groups excluding carboxylic acids is 2. The van der Waals surface area contributed by atoms with Crippen molar-refractivity contribution >= 4 is 46.4 Å². The number of hydrogen-bond donors (Lipinski definition) is 2. The van der Waals surface area contributed by atoms with E-state index in [1.54, 1.807) is 48.4 Å². The average molecular weight is 533 g/mol. The van der Waals surface area contributed by atoms with E-state index >= 15 is 0 Å². The van der Waals surface area contributed by atoms with Gasteiger partial charge in [-0.3, -0.25) is 9.59 Å². The zero-order chi connectivity index (χ0) is 27.3. The topological polar surface area (TPSA) is 137 Å². The Hall–Kier alpha value is -4.22. The zero-order valence-electron chi connectivity index (χ0n) is 22.1. The molecule has 12 heteroatoms. The summed E-state index contributed by atoms with van der Waals surface area (Å²) in [6.45, 7) is 0.321. The number of nitrogens with one attached hydrogen (secondary N) is 1. The second kappa shape index (κ2) is 9.83. The second-order valence-electron chi connectivity index (χ2n) is 10.8. The molecule has 0 radical (unpaired) electrons. The van der Waals surface area contributed by atoms with Gasteiger partial charge in [-0.15, -0.1) is 0 Å². The molecule has 0 aromatic carbocycles. The molecular formula is C27H32N8O4. The Morgan fingerprint density at radius 3 is 2.49 bits per heavy atom. The molecule has 6 rings (SSSR count). The molecule has 39 heavy (non-hydrogen) atoms. The molecule has 12 nitrogen and oxygen atoms in total. The van der Waals surface area contributed by atoms with Crippen LogP contribution in [0.3, 0.4) is 0 Å². The summed E-state index contributed by atoms with van der Waals surface area (Å²) < 4.78 is 2.06. The maximum Gasteiger partial charge on any atom is 0.407 e. The van der Waals surface area contributed by atoms with Crippen LogP contribution in [0.25, 0.3) is 11.0 Å². The third-order valence-corrected chi connectivity index (χ3v) is 8.14. The molecule has 0 spiro atoms. The fourth-order valence-corrected chi connectivity index (χ4v) is 6.26. The summed E-state index contributed by atoms with van der Waals surface area (Å²) in [5.74, 6) is 0.719. The van der Waals surface area contributed by atoms with Crippen LogP contribution in [0.4, 0.5) is 22.2 Å². The van der Waals surface area contributed by atoms with Crippen molar-refractivity contribution in [2.24, 2.45) is 0 Å². The number of carbonyl (C=O) groups is 3. The van der Waals surface area contributed by atoms with E-state index in [0.29, 0.717) is 29.7 Å². The highest BCUT2D eigenvalue weighted by Gasteiger charge is 2.43. The SMILES string of the molecule is CN(C)C(=O)c1cc2cnc(Nc3ccc(N4CC5CCC(CC4=O)N5C(=O)O)cn3)nc2n1C1CCCC1. The number of hydrogen-bond acceptors (Lipinski definition) is 7. The Morgan fingerprint density at radius 2 is 1.79 bits per heavy atom. The number of aromatic nitrogens is 4. The molecule has 2 N–H and O–H groups in total. The first-order valence-corrected chi connectivity index (χ1v) is 13.4. The van der Waals surface area contributed by atoms with Crippen molar-refractivity contribution in [1.29, 1.82) is 0 Å². The van der Waals surface area contributed by atoms with Crippen LogP contribution in [0.15, 0.2) is 30.6 Å². The Bertz CT molecular complexity index is 1430. The number of nitrogens with zero attached hydrogens (tertiary/aromatic N) is 7. The van der Waals surface area contributed by atoms with Gasteiger partial charge in [0.25, 0.3) is 5.91 Å². The summed E-state index contributed by atoms with van der Waals surface area (Å²) in [6.07, 6.45) is 8.27. The summed E-state index contributed by atoms with van der Waals surface area (Å²) in [5, 5.41) is 13.6. The number of pyridine rings is 1. The van der Waals surface area contributed by atoms with Crippen LogP contribution in [0.1, 0.15) is 61.5 Å². The lowest BCUT2D eigenvalue weighted by Gasteiger charge is -2.26. The molecule has 1 saturated carbocycles. The van der Waals surface area contributed by atoms with Crippen LogP contribution in [0.5, 0.6) is 0 Å². The Morgan fingerprint density at radius 1 is 1.03 bits per heavy atom. The molecule has 3 aliphatic rings. The maximum absolute atomic E-state index is 12.9. The standard InChI is InChI=1S/C27H32N8O4/c1-32(2)25(37)21-11-16-13-29-26(31-24(16)35(21)17-5-3-4-6-17)30-22-10-9-19(14-28-22)33-15-20-8-7-18(12-23(33)36)34(20)27(38)39/h9-11,13-14,17-18,20H,3-8,12,15H2,1-2H3,(H,38,39)(H,28,29,30,31). The summed E-state index contributed by atoms with van der Waals surface area (Å²) in [7, 11) is 3.50. The molecule has 204 valence electrons. The van der Waals surface area contributed by atoms with Crippen molar-refractivity contribution in [3.8, 4) is 0 Å². The van der Waals surface area contributed by atoms with Crippen LogP contribution in [-0.2, 0) is 4.79 Å². The molecule has 2 unspecified atom stereocenters. The number of carboxylic acid groups (broad SMARTS) is 1. The maximum atomic E-state index is 12.9. The minimum absolute atomic E-state index is 0.0607. The molecule has 3 aromatic rings. The van der Waals surface area contributed by atoms with Gasteiger partial charge < -0.3 is 29.7 Å². The molecule has 2 aliphatic heterocycles. The highest BCUT2D eigenvalue weighted by Crippen LogP contribution is 2.35. The van der Waals surface area contributed by atoms with Crippen molar-refractivity contribution in [3.05, 3.63) is 36.3 Å². The normalized spacial score (nSPS) is 21.4. The summed E-state index contributed by atoms with van der Waals surface area (Å²) in [5.41, 5.74) is 1.96. The first-order valence-electron chi connectivity index (χ1n) is 13.4. The van der Waals surface area contributed by atoms with Gasteiger partial charge in [-0.25, -0.2) is 14.8 Å². The molecular weight excluding hydrogens is 500 g/mol. The third kappa shape index (κ3) is 4.53. The molecule has 2 saturated heterocycles. The van der Waals surface area contributed by atoms with Crippen LogP contribution in [0.2, 0.25) is 0 Å². The van der Waals surface area contributed by atoms with E-state index in [9.17, 15) is 19.5 Å². The molecule has 5 heterocycles. The lowest BCUT2D eigenvalue weighted by molar-refractivity contribution is -0.119. The van der Waals surface area contributed by atoms with Gasteiger partial charge in [-0.1, -0.05) is 12.8 Å².